The van der Waals surface area contributed by atoms with Gasteiger partial charge in [0.15, 0.2) is 0 Å². The Morgan fingerprint density at radius 1 is 1.00 bits per heavy atom. The third kappa shape index (κ3) is 4.99. The summed E-state index contributed by atoms with van der Waals surface area (Å²) in [6.07, 6.45) is 0. The number of nitrogens with one attached hydrogen (secondary N) is 1. The van der Waals surface area contributed by atoms with Crippen molar-refractivity contribution >= 4 is 0 Å². The molecule has 1 rings (SSSR count). The van der Waals surface area contributed by atoms with Crippen LogP contribution in [0.4, 0.5) is 0 Å². The van der Waals surface area contributed by atoms with Gasteiger partial charge in [0.2, 0.25) is 0 Å². The fourth-order valence-corrected chi connectivity index (χ4v) is 2.19. The Labute approximate surface area is 119 Å². The fourth-order valence-electron chi connectivity index (χ4n) is 2.19. The molecule has 19 heavy (non-hydrogen) atoms. The zero-order valence-electron chi connectivity index (χ0n) is 13.5. The Balaban J connectivity index is 2.57. The number of benzene rings is 1. The maximum Gasteiger partial charge on any atom is 0.00228 e. The Morgan fingerprint density at radius 2 is 1.58 bits per heavy atom. The molecule has 0 bridgehead atoms. The van der Waals surface area contributed by atoms with E-state index in [4.69, 9.17) is 0 Å². The topological polar surface area (TPSA) is 12.0 Å². The van der Waals surface area contributed by atoms with E-state index >= 15 is 0 Å². The van der Waals surface area contributed by atoms with Crippen LogP contribution in [0.5, 0.6) is 0 Å². The van der Waals surface area contributed by atoms with Gasteiger partial charge < -0.3 is 5.32 Å². The van der Waals surface area contributed by atoms with Crippen molar-refractivity contribution in [2.24, 2.45) is 17.3 Å². The minimum atomic E-state index is 0.359. The number of hydrogen-bond donors (Lipinski definition) is 1. The highest BCUT2D eigenvalue weighted by molar-refractivity contribution is 5.20. The van der Waals surface area contributed by atoms with Gasteiger partial charge in [0, 0.05) is 13.1 Å². The molecule has 0 aliphatic heterocycles. The fraction of sp³-hybridized carbons (Fsp3) is 0.667. The van der Waals surface area contributed by atoms with Crippen LogP contribution >= 0.6 is 0 Å². The van der Waals surface area contributed by atoms with E-state index in [1.807, 2.05) is 0 Å². The van der Waals surface area contributed by atoms with Crippen molar-refractivity contribution in [2.75, 3.05) is 13.1 Å². The average Bonchev–Trinajstić information content (AvgIpc) is 2.35. The molecule has 0 amide bonds. The molecule has 0 saturated carbocycles. The van der Waals surface area contributed by atoms with E-state index in [-0.39, 0.29) is 0 Å². The second-order valence-corrected chi connectivity index (χ2v) is 7.04. The van der Waals surface area contributed by atoms with E-state index in [0.29, 0.717) is 23.2 Å². The highest BCUT2D eigenvalue weighted by Crippen LogP contribution is 2.26. The summed E-state index contributed by atoms with van der Waals surface area (Å²) in [5, 5.41) is 3.69. The van der Waals surface area contributed by atoms with Crippen LogP contribution in [0.15, 0.2) is 30.3 Å². The van der Waals surface area contributed by atoms with Gasteiger partial charge in [0.05, 0.1) is 0 Å². The van der Waals surface area contributed by atoms with Crippen molar-refractivity contribution in [1.29, 1.82) is 0 Å². The van der Waals surface area contributed by atoms with E-state index < -0.39 is 0 Å². The van der Waals surface area contributed by atoms with Gasteiger partial charge in [-0.1, -0.05) is 71.9 Å². The van der Waals surface area contributed by atoms with Crippen LogP contribution in [0.2, 0.25) is 0 Å². The molecular formula is C18H31N. The first-order valence-electron chi connectivity index (χ1n) is 7.60. The third-order valence-electron chi connectivity index (χ3n) is 4.54. The second kappa shape index (κ2) is 7.09. The standard InChI is InChI=1S/C18H31N/c1-14(2)17(16-10-8-7-9-11-16)12-19-13-18(5,6)15(3)4/h7-11,14-15,17,19H,12-13H2,1-6H3. The molecule has 0 aliphatic carbocycles. The van der Waals surface area contributed by atoms with Gasteiger partial charge in [-0.2, -0.15) is 0 Å². The van der Waals surface area contributed by atoms with E-state index in [1.165, 1.54) is 5.56 Å². The van der Waals surface area contributed by atoms with E-state index in [2.05, 4.69) is 77.2 Å². The van der Waals surface area contributed by atoms with Crippen molar-refractivity contribution in [3.05, 3.63) is 35.9 Å². The van der Waals surface area contributed by atoms with Crippen LogP contribution in [0.3, 0.4) is 0 Å². The van der Waals surface area contributed by atoms with Crippen molar-refractivity contribution < 1.29 is 0 Å². The molecule has 1 aromatic rings. The van der Waals surface area contributed by atoms with Gasteiger partial charge in [0.25, 0.3) is 0 Å². The predicted molar refractivity (Wildman–Crippen MR) is 85.5 cm³/mol. The van der Waals surface area contributed by atoms with Crippen LogP contribution in [-0.2, 0) is 0 Å². The predicted octanol–water partition coefficient (Wildman–Crippen LogP) is 4.70. The Morgan fingerprint density at radius 3 is 2.05 bits per heavy atom. The second-order valence-electron chi connectivity index (χ2n) is 7.04. The molecular weight excluding hydrogens is 230 g/mol. The summed E-state index contributed by atoms with van der Waals surface area (Å²) >= 11 is 0. The van der Waals surface area contributed by atoms with E-state index in [1.54, 1.807) is 0 Å². The van der Waals surface area contributed by atoms with Gasteiger partial charge in [0.1, 0.15) is 0 Å². The molecule has 108 valence electrons. The molecule has 1 atom stereocenters. The molecule has 0 heterocycles. The number of hydrogen-bond acceptors (Lipinski definition) is 1. The van der Waals surface area contributed by atoms with Gasteiger partial charge in [-0.3, -0.25) is 0 Å². The summed E-state index contributed by atoms with van der Waals surface area (Å²) in [6, 6.07) is 10.9. The normalized spacial score (nSPS) is 14.1. The van der Waals surface area contributed by atoms with Crippen LogP contribution in [-0.4, -0.2) is 13.1 Å². The van der Waals surface area contributed by atoms with Crippen molar-refractivity contribution in [2.45, 2.75) is 47.5 Å². The third-order valence-corrected chi connectivity index (χ3v) is 4.54. The molecule has 1 aromatic carbocycles. The van der Waals surface area contributed by atoms with E-state index in [9.17, 15) is 0 Å². The average molecular weight is 261 g/mol. The lowest BCUT2D eigenvalue weighted by atomic mass is 9.81. The summed E-state index contributed by atoms with van der Waals surface area (Å²) < 4.78 is 0. The largest absolute Gasteiger partial charge is 0.316 e. The zero-order valence-corrected chi connectivity index (χ0v) is 13.5. The summed E-state index contributed by atoms with van der Waals surface area (Å²) in [6.45, 7) is 16.1. The Kier molecular flexibility index (Phi) is 6.06. The molecule has 1 nitrogen and oxygen atoms in total. The van der Waals surface area contributed by atoms with Crippen LogP contribution in [0, 0.1) is 17.3 Å². The smallest absolute Gasteiger partial charge is 0.00228 e. The summed E-state index contributed by atoms with van der Waals surface area (Å²) in [5.74, 6) is 1.97. The number of rotatable bonds is 7. The maximum atomic E-state index is 3.69. The van der Waals surface area contributed by atoms with Crippen molar-refractivity contribution in [3.8, 4) is 0 Å². The lowest BCUT2D eigenvalue weighted by Crippen LogP contribution is -2.36. The highest BCUT2D eigenvalue weighted by atomic mass is 14.9. The summed E-state index contributed by atoms with van der Waals surface area (Å²) in [4.78, 5) is 0. The minimum absolute atomic E-state index is 0.359. The molecule has 0 saturated heterocycles. The maximum absolute atomic E-state index is 3.69. The first-order chi connectivity index (χ1) is 8.84. The molecule has 0 fully saturated rings. The van der Waals surface area contributed by atoms with Crippen molar-refractivity contribution in [3.63, 3.8) is 0 Å². The molecule has 0 radical (unpaired) electrons. The molecule has 0 aromatic heterocycles. The van der Waals surface area contributed by atoms with Gasteiger partial charge in [-0.05, 0) is 28.7 Å². The molecule has 1 unspecified atom stereocenters. The van der Waals surface area contributed by atoms with Crippen LogP contribution < -0.4 is 5.32 Å². The van der Waals surface area contributed by atoms with Crippen molar-refractivity contribution in [1.82, 2.24) is 5.32 Å². The molecule has 1 N–H and O–H groups in total. The monoisotopic (exact) mass is 261 g/mol. The highest BCUT2D eigenvalue weighted by Gasteiger charge is 2.23. The Hall–Kier alpha value is -0.820. The minimum Gasteiger partial charge on any atom is -0.316 e. The quantitative estimate of drug-likeness (QED) is 0.750. The zero-order chi connectivity index (χ0) is 14.5. The van der Waals surface area contributed by atoms with Crippen LogP contribution in [0.1, 0.15) is 53.0 Å². The SMILES string of the molecule is CC(C)C(CNCC(C)(C)C(C)C)c1ccccc1. The van der Waals surface area contributed by atoms with Gasteiger partial charge in [-0.15, -0.1) is 0 Å². The first kappa shape index (κ1) is 16.2. The van der Waals surface area contributed by atoms with Crippen LogP contribution in [0.25, 0.3) is 0 Å². The Bertz CT molecular complexity index is 351. The summed E-state index contributed by atoms with van der Waals surface area (Å²) in [7, 11) is 0. The van der Waals surface area contributed by atoms with Gasteiger partial charge >= 0.3 is 0 Å². The summed E-state index contributed by atoms with van der Waals surface area (Å²) in [5.41, 5.74) is 1.81. The molecule has 1 heteroatoms. The van der Waals surface area contributed by atoms with E-state index in [0.717, 1.165) is 13.1 Å². The van der Waals surface area contributed by atoms with Gasteiger partial charge in [-0.25, -0.2) is 0 Å². The molecule has 0 spiro atoms. The molecule has 0 aliphatic rings. The first-order valence-corrected chi connectivity index (χ1v) is 7.60. The lowest BCUT2D eigenvalue weighted by molar-refractivity contribution is 0.234. The lowest BCUT2D eigenvalue weighted by Gasteiger charge is -2.31.